The van der Waals surface area contributed by atoms with E-state index in [0.717, 1.165) is 11.0 Å². The molecule has 0 fully saturated rings. The van der Waals surface area contributed by atoms with Crippen molar-refractivity contribution in [2.24, 2.45) is 0 Å². The number of aryl methyl sites for hydroxylation is 1. The number of nitrogens with one attached hydrogen (secondary N) is 2. The number of benzene rings is 2. The predicted octanol–water partition coefficient (Wildman–Crippen LogP) is 2.55. The molecule has 0 aliphatic heterocycles. The number of amides is 2. The summed E-state index contributed by atoms with van der Waals surface area (Å²) >= 11 is 1.62. The lowest BCUT2D eigenvalue weighted by atomic mass is 10.1. The standard InChI is InChI=1S/C19H21N3O5S/c1-13-3-6-15(7-4-13)28-10-9-20-18(23)12-21-19(24)14-5-8-17(27-2)16(11-14)22(25)26/h3-8,11H,9-10,12H2,1-2H3,(H,20,23)(H,21,24). The fourth-order valence-electron chi connectivity index (χ4n) is 2.29. The van der Waals surface area contributed by atoms with Crippen molar-refractivity contribution >= 4 is 29.3 Å². The van der Waals surface area contributed by atoms with Gasteiger partial charge in [0, 0.05) is 28.8 Å². The molecule has 0 heterocycles. The molecule has 2 N–H and O–H groups in total. The summed E-state index contributed by atoms with van der Waals surface area (Å²) < 4.78 is 4.89. The van der Waals surface area contributed by atoms with Crippen LogP contribution in [0.3, 0.4) is 0 Å². The normalized spacial score (nSPS) is 10.2. The SMILES string of the molecule is COc1ccc(C(=O)NCC(=O)NCCSc2ccc(C)cc2)cc1[N+](=O)[O-]. The van der Waals surface area contributed by atoms with Gasteiger partial charge in [-0.05, 0) is 31.2 Å². The quantitative estimate of drug-likeness (QED) is 0.288. The molecule has 8 nitrogen and oxygen atoms in total. The topological polar surface area (TPSA) is 111 Å². The molecule has 2 aromatic carbocycles. The lowest BCUT2D eigenvalue weighted by Crippen LogP contribution is -2.37. The number of rotatable bonds is 9. The Bertz CT molecular complexity index is 855. The first-order valence-electron chi connectivity index (χ1n) is 8.47. The number of carbonyl (C=O) groups excluding carboxylic acids is 2. The van der Waals surface area contributed by atoms with Crippen molar-refractivity contribution in [1.82, 2.24) is 10.6 Å². The van der Waals surface area contributed by atoms with Crippen molar-refractivity contribution in [2.45, 2.75) is 11.8 Å². The van der Waals surface area contributed by atoms with Crippen molar-refractivity contribution in [3.8, 4) is 5.75 Å². The van der Waals surface area contributed by atoms with Crippen molar-refractivity contribution in [2.75, 3.05) is 26.0 Å². The maximum Gasteiger partial charge on any atom is 0.311 e. The first-order valence-corrected chi connectivity index (χ1v) is 9.46. The van der Waals surface area contributed by atoms with Gasteiger partial charge in [0.25, 0.3) is 5.91 Å². The third kappa shape index (κ3) is 6.27. The minimum Gasteiger partial charge on any atom is -0.490 e. The average molecular weight is 403 g/mol. The van der Waals surface area contributed by atoms with Gasteiger partial charge >= 0.3 is 5.69 Å². The summed E-state index contributed by atoms with van der Waals surface area (Å²) in [5.41, 5.74) is 0.957. The summed E-state index contributed by atoms with van der Waals surface area (Å²) in [7, 11) is 1.31. The fourth-order valence-corrected chi connectivity index (χ4v) is 3.06. The Morgan fingerprint density at radius 3 is 2.50 bits per heavy atom. The molecule has 9 heteroatoms. The maximum absolute atomic E-state index is 12.1. The van der Waals surface area contributed by atoms with Crippen molar-refractivity contribution < 1.29 is 19.2 Å². The number of nitrogens with zero attached hydrogens (tertiary/aromatic N) is 1. The summed E-state index contributed by atoms with van der Waals surface area (Å²) in [5.74, 6) is -0.144. The second-order valence-corrected chi connectivity index (χ2v) is 7.01. The lowest BCUT2D eigenvalue weighted by Gasteiger charge is -2.08. The van der Waals surface area contributed by atoms with Crippen LogP contribution in [0, 0.1) is 17.0 Å². The minimum atomic E-state index is -0.631. The molecule has 0 atom stereocenters. The van der Waals surface area contributed by atoms with E-state index in [1.165, 1.54) is 24.8 Å². The molecule has 28 heavy (non-hydrogen) atoms. The summed E-state index contributed by atoms with van der Waals surface area (Å²) in [6.07, 6.45) is 0. The summed E-state index contributed by atoms with van der Waals surface area (Å²) in [4.78, 5) is 35.5. The smallest absolute Gasteiger partial charge is 0.311 e. The van der Waals surface area contributed by atoms with Gasteiger partial charge in [-0.15, -0.1) is 11.8 Å². The highest BCUT2D eigenvalue weighted by atomic mass is 32.2. The number of thioether (sulfide) groups is 1. The van der Waals surface area contributed by atoms with Gasteiger partial charge in [-0.1, -0.05) is 17.7 Å². The van der Waals surface area contributed by atoms with Gasteiger partial charge in [0.05, 0.1) is 18.6 Å². The number of hydrogen-bond acceptors (Lipinski definition) is 6. The van der Waals surface area contributed by atoms with Crippen LogP contribution in [0.25, 0.3) is 0 Å². The fraction of sp³-hybridized carbons (Fsp3) is 0.263. The van der Waals surface area contributed by atoms with Crippen molar-refractivity contribution in [1.29, 1.82) is 0 Å². The third-order valence-corrected chi connectivity index (χ3v) is 4.77. The molecule has 0 aliphatic rings. The molecule has 2 rings (SSSR count). The van der Waals surface area contributed by atoms with Crippen molar-refractivity contribution in [3.05, 3.63) is 63.7 Å². The van der Waals surface area contributed by atoms with Crippen LogP contribution in [0.5, 0.6) is 5.75 Å². The first kappa shape index (κ1) is 21.2. The molecule has 0 saturated carbocycles. The molecule has 2 amide bonds. The molecule has 0 unspecified atom stereocenters. The Kier molecular flexibility index (Phi) is 7.82. The van der Waals surface area contributed by atoms with Gasteiger partial charge in [-0.25, -0.2) is 0 Å². The monoisotopic (exact) mass is 403 g/mol. The van der Waals surface area contributed by atoms with Gasteiger partial charge in [0.15, 0.2) is 5.75 Å². The number of methoxy groups -OCH3 is 1. The van der Waals surface area contributed by atoms with E-state index in [0.29, 0.717) is 12.3 Å². The Morgan fingerprint density at radius 1 is 1.14 bits per heavy atom. The van der Waals surface area contributed by atoms with Gasteiger partial charge in [-0.3, -0.25) is 19.7 Å². The molecule has 0 bridgehead atoms. The van der Waals surface area contributed by atoms with Crippen LogP contribution in [-0.4, -0.2) is 42.7 Å². The molecular formula is C19H21N3O5S. The summed E-state index contributed by atoms with van der Waals surface area (Å²) in [5, 5.41) is 16.2. The van der Waals surface area contributed by atoms with E-state index >= 15 is 0 Å². The van der Waals surface area contributed by atoms with E-state index in [-0.39, 0.29) is 29.5 Å². The lowest BCUT2D eigenvalue weighted by molar-refractivity contribution is -0.385. The molecular weight excluding hydrogens is 382 g/mol. The number of nitro groups is 1. The Labute approximate surface area is 166 Å². The van der Waals surface area contributed by atoms with Crippen LogP contribution in [0.1, 0.15) is 15.9 Å². The largest absolute Gasteiger partial charge is 0.490 e. The highest BCUT2D eigenvalue weighted by Gasteiger charge is 2.18. The van der Waals surface area contributed by atoms with Gasteiger partial charge < -0.3 is 15.4 Å². The zero-order valence-corrected chi connectivity index (χ0v) is 16.4. The number of nitro benzene ring substituents is 1. The van der Waals surface area contributed by atoms with Crippen LogP contribution in [0.2, 0.25) is 0 Å². The van der Waals surface area contributed by atoms with E-state index in [9.17, 15) is 19.7 Å². The second kappa shape index (κ2) is 10.3. The van der Waals surface area contributed by atoms with Crippen LogP contribution in [0.4, 0.5) is 5.69 Å². The Morgan fingerprint density at radius 2 is 1.86 bits per heavy atom. The highest BCUT2D eigenvalue weighted by molar-refractivity contribution is 7.99. The molecule has 0 spiro atoms. The third-order valence-electron chi connectivity index (χ3n) is 3.76. The maximum atomic E-state index is 12.1. The first-order chi connectivity index (χ1) is 13.4. The van der Waals surface area contributed by atoms with E-state index < -0.39 is 10.8 Å². The zero-order valence-electron chi connectivity index (χ0n) is 15.6. The Hall–Kier alpha value is -3.07. The van der Waals surface area contributed by atoms with E-state index in [4.69, 9.17) is 4.74 Å². The molecule has 0 saturated heterocycles. The molecule has 0 aliphatic carbocycles. The van der Waals surface area contributed by atoms with Crippen LogP contribution < -0.4 is 15.4 Å². The summed E-state index contributed by atoms with van der Waals surface area (Å²) in [6, 6.07) is 12.0. The van der Waals surface area contributed by atoms with Gasteiger partial charge in [0.1, 0.15) is 0 Å². The van der Waals surface area contributed by atoms with Crippen LogP contribution >= 0.6 is 11.8 Å². The Balaban J connectivity index is 1.76. The zero-order chi connectivity index (χ0) is 20.5. The van der Waals surface area contributed by atoms with E-state index in [1.807, 2.05) is 31.2 Å². The summed E-state index contributed by atoms with van der Waals surface area (Å²) in [6.45, 7) is 2.27. The van der Waals surface area contributed by atoms with Gasteiger partial charge in [-0.2, -0.15) is 0 Å². The molecule has 2 aromatic rings. The van der Waals surface area contributed by atoms with E-state index in [2.05, 4.69) is 10.6 Å². The van der Waals surface area contributed by atoms with Crippen molar-refractivity contribution in [3.63, 3.8) is 0 Å². The molecule has 148 valence electrons. The van der Waals surface area contributed by atoms with Gasteiger partial charge in [0.2, 0.25) is 5.91 Å². The molecule has 0 radical (unpaired) electrons. The highest BCUT2D eigenvalue weighted by Crippen LogP contribution is 2.27. The second-order valence-electron chi connectivity index (χ2n) is 5.84. The number of carbonyl (C=O) groups is 2. The number of ether oxygens (including phenoxy) is 1. The molecule has 0 aromatic heterocycles. The van der Waals surface area contributed by atoms with Crippen LogP contribution in [0.15, 0.2) is 47.4 Å². The number of hydrogen-bond donors (Lipinski definition) is 2. The van der Waals surface area contributed by atoms with Crippen LogP contribution in [-0.2, 0) is 4.79 Å². The minimum absolute atomic E-state index is 0.0605. The average Bonchev–Trinajstić information content (AvgIpc) is 2.70. The van der Waals surface area contributed by atoms with E-state index in [1.54, 1.807) is 11.8 Å². The predicted molar refractivity (Wildman–Crippen MR) is 107 cm³/mol.